The molecule has 2 unspecified atom stereocenters. The van der Waals surface area contributed by atoms with Gasteiger partial charge in [0, 0.05) is 34.6 Å². The molecule has 43 heavy (non-hydrogen) atoms. The number of hydrogen-bond donors (Lipinski definition) is 2. The number of para-hydroxylation sites is 1. The summed E-state index contributed by atoms with van der Waals surface area (Å²) in [6.45, 7) is 3.96. The van der Waals surface area contributed by atoms with Gasteiger partial charge in [-0.25, -0.2) is 4.39 Å². The monoisotopic (exact) mass is 591 g/mol. The number of carbonyl (C=O) groups excluding carboxylic acids is 1. The minimum atomic E-state index is -0.290. The van der Waals surface area contributed by atoms with E-state index in [9.17, 15) is 9.18 Å². The number of anilines is 2. The summed E-state index contributed by atoms with van der Waals surface area (Å²) in [5.74, 6) is 0.0863. The van der Waals surface area contributed by atoms with E-state index >= 15 is 0 Å². The summed E-state index contributed by atoms with van der Waals surface area (Å²) in [4.78, 5) is 19.2. The zero-order chi connectivity index (χ0) is 29.9. The highest BCUT2D eigenvalue weighted by Gasteiger charge is 2.42. The lowest BCUT2D eigenvalue weighted by atomic mass is 9.96. The summed E-state index contributed by atoms with van der Waals surface area (Å²) in [5, 5.41) is 6.94. The predicted octanol–water partition coefficient (Wildman–Crippen LogP) is 6.82. The fourth-order valence-corrected chi connectivity index (χ4v) is 5.96. The minimum absolute atomic E-state index is 0.0966. The maximum atomic E-state index is 14.2. The molecule has 5 aromatic rings. The molecule has 7 nitrogen and oxygen atoms in total. The lowest BCUT2D eigenvalue weighted by Crippen LogP contribution is -2.29. The first-order valence-electron chi connectivity index (χ1n) is 13.9. The number of benzene rings is 3. The molecular weight excluding hydrogens is 561 g/mol. The number of carbonyl (C=O) groups is 1. The molecule has 1 saturated heterocycles. The Bertz CT molecular complexity index is 1760. The van der Waals surface area contributed by atoms with E-state index in [0.717, 1.165) is 34.0 Å². The average Bonchev–Trinajstić information content (AvgIpc) is 3.52. The number of thiocarbonyl (C=S) groups is 1. The van der Waals surface area contributed by atoms with Crippen molar-refractivity contribution in [3.63, 3.8) is 0 Å². The minimum Gasteiger partial charge on any atom is -0.484 e. The average molecular weight is 592 g/mol. The van der Waals surface area contributed by atoms with Crippen LogP contribution >= 0.6 is 12.2 Å². The van der Waals surface area contributed by atoms with Gasteiger partial charge in [0.1, 0.15) is 11.6 Å². The van der Waals surface area contributed by atoms with Crippen LogP contribution in [0, 0.1) is 19.7 Å². The third-order valence-electron chi connectivity index (χ3n) is 7.50. The van der Waals surface area contributed by atoms with Gasteiger partial charge < -0.3 is 24.8 Å². The van der Waals surface area contributed by atoms with Gasteiger partial charge in [-0.15, -0.1) is 0 Å². The molecule has 2 aromatic heterocycles. The van der Waals surface area contributed by atoms with E-state index in [-0.39, 0.29) is 30.4 Å². The highest BCUT2D eigenvalue weighted by atomic mass is 32.1. The maximum absolute atomic E-state index is 14.2. The first kappa shape index (κ1) is 28.1. The molecule has 0 bridgehead atoms. The maximum Gasteiger partial charge on any atom is 0.262 e. The third-order valence-corrected chi connectivity index (χ3v) is 7.81. The van der Waals surface area contributed by atoms with Crippen molar-refractivity contribution in [2.45, 2.75) is 25.9 Å². The molecule has 6 rings (SSSR count). The summed E-state index contributed by atoms with van der Waals surface area (Å²) < 4.78 is 21.8. The SMILES string of the molecule is Cc1cc(C2C(c3ccccn3)NC(=S)N2c2ccc(NC(=O)COc3ccccc3)cc2)c(C)n1-c1cccc(F)c1. The number of hydrogen-bond acceptors (Lipinski definition) is 4. The van der Waals surface area contributed by atoms with Crippen molar-refractivity contribution in [1.29, 1.82) is 0 Å². The number of pyridine rings is 1. The number of rotatable bonds is 8. The number of amides is 1. The van der Waals surface area contributed by atoms with Gasteiger partial charge in [-0.2, -0.15) is 0 Å². The molecule has 3 heterocycles. The van der Waals surface area contributed by atoms with Crippen LogP contribution < -0.4 is 20.3 Å². The first-order chi connectivity index (χ1) is 20.9. The Balaban J connectivity index is 1.31. The smallest absolute Gasteiger partial charge is 0.262 e. The summed E-state index contributed by atoms with van der Waals surface area (Å²) in [6.07, 6.45) is 1.77. The largest absolute Gasteiger partial charge is 0.484 e. The Hall–Kier alpha value is -5.02. The van der Waals surface area contributed by atoms with Gasteiger partial charge in [0.2, 0.25) is 0 Å². The van der Waals surface area contributed by atoms with E-state index in [4.69, 9.17) is 17.0 Å². The van der Waals surface area contributed by atoms with E-state index in [1.807, 2.05) is 80.6 Å². The number of aromatic nitrogens is 2. The van der Waals surface area contributed by atoms with Crippen LogP contribution in [0.15, 0.2) is 109 Å². The number of nitrogens with one attached hydrogen (secondary N) is 2. The van der Waals surface area contributed by atoms with Crippen LogP contribution in [0.25, 0.3) is 5.69 Å². The van der Waals surface area contributed by atoms with Crippen LogP contribution in [0.2, 0.25) is 0 Å². The molecule has 9 heteroatoms. The van der Waals surface area contributed by atoms with Crippen molar-refractivity contribution in [2.75, 3.05) is 16.8 Å². The van der Waals surface area contributed by atoms with E-state index in [2.05, 4.69) is 31.2 Å². The topological polar surface area (TPSA) is 71.4 Å². The van der Waals surface area contributed by atoms with Crippen LogP contribution in [0.5, 0.6) is 5.75 Å². The van der Waals surface area contributed by atoms with Crippen molar-refractivity contribution in [2.24, 2.45) is 0 Å². The molecular formula is C34H30FN5O2S. The van der Waals surface area contributed by atoms with E-state index < -0.39 is 0 Å². The molecule has 2 N–H and O–H groups in total. The Labute approximate surface area is 255 Å². The van der Waals surface area contributed by atoms with Gasteiger partial charge in [-0.05, 0) is 104 Å². The van der Waals surface area contributed by atoms with E-state index in [0.29, 0.717) is 16.5 Å². The molecule has 0 saturated carbocycles. The fourth-order valence-electron chi connectivity index (χ4n) is 5.62. The van der Waals surface area contributed by atoms with Crippen LogP contribution in [0.4, 0.5) is 15.8 Å². The van der Waals surface area contributed by atoms with Crippen molar-refractivity contribution >= 4 is 34.6 Å². The Morgan fingerprint density at radius 1 is 0.953 bits per heavy atom. The Kier molecular flexibility index (Phi) is 7.89. The van der Waals surface area contributed by atoms with Gasteiger partial charge in [-0.1, -0.05) is 30.3 Å². The second-order valence-corrected chi connectivity index (χ2v) is 10.7. The fraction of sp³-hybridized carbons (Fsp3) is 0.147. The van der Waals surface area contributed by atoms with Gasteiger partial charge in [0.25, 0.3) is 5.91 Å². The van der Waals surface area contributed by atoms with Crippen LogP contribution in [0.3, 0.4) is 0 Å². The predicted molar refractivity (Wildman–Crippen MR) is 170 cm³/mol. The van der Waals surface area contributed by atoms with Gasteiger partial charge in [-0.3, -0.25) is 9.78 Å². The molecule has 1 aliphatic rings. The number of halogens is 1. The zero-order valence-electron chi connectivity index (χ0n) is 23.7. The number of ether oxygens (including phenoxy) is 1. The molecule has 0 aliphatic carbocycles. The van der Waals surface area contributed by atoms with Crippen molar-refractivity contribution < 1.29 is 13.9 Å². The summed E-state index contributed by atoms with van der Waals surface area (Å²) >= 11 is 5.90. The number of nitrogens with zero attached hydrogens (tertiary/aromatic N) is 3. The van der Waals surface area contributed by atoms with Crippen LogP contribution in [-0.4, -0.2) is 27.2 Å². The summed E-state index contributed by atoms with van der Waals surface area (Å²) in [5.41, 5.74) is 6.11. The Morgan fingerprint density at radius 3 is 2.44 bits per heavy atom. The van der Waals surface area contributed by atoms with Crippen LogP contribution in [-0.2, 0) is 4.79 Å². The normalized spacial score (nSPS) is 16.2. The Morgan fingerprint density at radius 2 is 1.72 bits per heavy atom. The second kappa shape index (κ2) is 12.1. The molecule has 1 fully saturated rings. The molecule has 0 radical (unpaired) electrons. The summed E-state index contributed by atoms with van der Waals surface area (Å²) in [7, 11) is 0. The van der Waals surface area contributed by atoms with Crippen molar-refractivity contribution in [3.05, 3.63) is 138 Å². The first-order valence-corrected chi connectivity index (χ1v) is 14.3. The lowest BCUT2D eigenvalue weighted by molar-refractivity contribution is -0.118. The molecule has 1 aliphatic heterocycles. The van der Waals surface area contributed by atoms with Crippen molar-refractivity contribution in [1.82, 2.24) is 14.9 Å². The third kappa shape index (κ3) is 5.85. The van der Waals surface area contributed by atoms with Gasteiger partial charge in [0.15, 0.2) is 11.7 Å². The molecule has 3 aromatic carbocycles. The standard InChI is InChI=1S/C34H30FN5O2S/c1-22-19-29(23(2)39(22)27-10-8-9-24(35)20-27)33-32(30-13-6-7-18-36-30)38-34(43)40(33)26-16-14-25(15-17-26)37-31(41)21-42-28-11-4-3-5-12-28/h3-20,32-33H,21H2,1-2H3,(H,37,41)(H,38,43). The van der Waals surface area contributed by atoms with E-state index in [1.165, 1.54) is 12.1 Å². The quantitative estimate of drug-likeness (QED) is 0.193. The molecule has 216 valence electrons. The number of aryl methyl sites for hydroxylation is 1. The second-order valence-electron chi connectivity index (χ2n) is 10.3. The zero-order valence-corrected chi connectivity index (χ0v) is 24.5. The van der Waals surface area contributed by atoms with Crippen molar-refractivity contribution in [3.8, 4) is 11.4 Å². The van der Waals surface area contributed by atoms with Crippen LogP contribution in [0.1, 0.15) is 34.7 Å². The molecule has 1 amide bonds. The van der Waals surface area contributed by atoms with Gasteiger partial charge >= 0.3 is 0 Å². The van der Waals surface area contributed by atoms with E-state index in [1.54, 1.807) is 24.4 Å². The lowest BCUT2D eigenvalue weighted by Gasteiger charge is -2.28. The highest BCUT2D eigenvalue weighted by molar-refractivity contribution is 7.80. The summed E-state index contributed by atoms with van der Waals surface area (Å²) in [6, 6.07) is 30.8. The molecule has 0 spiro atoms. The molecule has 2 atom stereocenters. The van der Waals surface area contributed by atoms with Gasteiger partial charge in [0.05, 0.1) is 17.8 Å². The highest BCUT2D eigenvalue weighted by Crippen LogP contribution is 2.44.